The van der Waals surface area contributed by atoms with E-state index in [0.29, 0.717) is 5.69 Å². The standard InChI is InChI=1S/C10H13NO2/c1-8(12)7-10(2,13)9-5-3-4-6-11-9/h3-6,13H,7H2,1-2H3. The van der Waals surface area contributed by atoms with E-state index in [4.69, 9.17) is 0 Å². The van der Waals surface area contributed by atoms with Crippen LogP contribution in [-0.2, 0) is 10.4 Å². The molecule has 0 radical (unpaired) electrons. The van der Waals surface area contributed by atoms with Crippen molar-refractivity contribution < 1.29 is 9.90 Å². The predicted molar refractivity (Wildman–Crippen MR) is 49.1 cm³/mol. The fourth-order valence-corrected chi connectivity index (χ4v) is 1.26. The molecular weight excluding hydrogens is 166 g/mol. The van der Waals surface area contributed by atoms with E-state index in [2.05, 4.69) is 4.98 Å². The fraction of sp³-hybridized carbons (Fsp3) is 0.400. The van der Waals surface area contributed by atoms with E-state index in [-0.39, 0.29) is 12.2 Å². The maximum Gasteiger partial charge on any atom is 0.133 e. The molecule has 1 atom stereocenters. The van der Waals surface area contributed by atoms with Gasteiger partial charge in [0, 0.05) is 12.6 Å². The summed E-state index contributed by atoms with van der Waals surface area (Å²) >= 11 is 0. The molecule has 13 heavy (non-hydrogen) atoms. The van der Waals surface area contributed by atoms with Gasteiger partial charge in [-0.3, -0.25) is 9.78 Å². The highest BCUT2D eigenvalue weighted by Crippen LogP contribution is 2.21. The molecule has 1 aromatic heterocycles. The first-order chi connectivity index (χ1) is 6.02. The minimum Gasteiger partial charge on any atom is -0.383 e. The summed E-state index contributed by atoms with van der Waals surface area (Å²) < 4.78 is 0. The van der Waals surface area contributed by atoms with Gasteiger partial charge in [0.15, 0.2) is 0 Å². The summed E-state index contributed by atoms with van der Waals surface area (Å²) in [6, 6.07) is 5.27. The molecule has 1 aromatic rings. The molecule has 0 amide bonds. The van der Waals surface area contributed by atoms with Crippen LogP contribution in [0.15, 0.2) is 24.4 Å². The van der Waals surface area contributed by atoms with Gasteiger partial charge in [0.1, 0.15) is 11.4 Å². The summed E-state index contributed by atoms with van der Waals surface area (Å²) in [5.41, 5.74) is -0.613. The molecule has 0 bridgehead atoms. The summed E-state index contributed by atoms with van der Waals surface area (Å²) in [5.74, 6) is -0.0457. The fourth-order valence-electron chi connectivity index (χ4n) is 1.26. The van der Waals surface area contributed by atoms with Crippen LogP contribution in [0.1, 0.15) is 26.0 Å². The highest BCUT2D eigenvalue weighted by Gasteiger charge is 2.25. The van der Waals surface area contributed by atoms with Crippen molar-refractivity contribution in [2.75, 3.05) is 0 Å². The molecule has 70 valence electrons. The van der Waals surface area contributed by atoms with Crippen molar-refractivity contribution in [1.82, 2.24) is 4.98 Å². The molecule has 1 unspecified atom stereocenters. The second-order valence-corrected chi connectivity index (χ2v) is 3.37. The number of pyridine rings is 1. The van der Waals surface area contributed by atoms with Crippen LogP contribution >= 0.6 is 0 Å². The molecule has 0 fully saturated rings. The molecule has 1 N–H and O–H groups in total. The third kappa shape index (κ3) is 2.63. The molecule has 3 nitrogen and oxygen atoms in total. The van der Waals surface area contributed by atoms with Gasteiger partial charge in [-0.05, 0) is 26.0 Å². The highest BCUT2D eigenvalue weighted by atomic mass is 16.3. The Hall–Kier alpha value is -1.22. The third-order valence-electron chi connectivity index (χ3n) is 1.81. The Morgan fingerprint density at radius 3 is 2.77 bits per heavy atom. The molecule has 0 aliphatic rings. The van der Waals surface area contributed by atoms with Gasteiger partial charge in [-0.1, -0.05) is 6.07 Å². The van der Waals surface area contributed by atoms with E-state index in [1.165, 1.54) is 6.92 Å². The maximum absolute atomic E-state index is 10.8. The number of carbonyl (C=O) groups is 1. The lowest BCUT2D eigenvalue weighted by molar-refractivity contribution is -0.121. The van der Waals surface area contributed by atoms with Crippen LogP contribution in [0.3, 0.4) is 0 Å². The number of rotatable bonds is 3. The first-order valence-electron chi connectivity index (χ1n) is 4.16. The normalized spacial score (nSPS) is 15.0. The Morgan fingerprint density at radius 1 is 1.62 bits per heavy atom. The summed E-state index contributed by atoms with van der Waals surface area (Å²) in [5, 5.41) is 9.87. The van der Waals surface area contributed by atoms with E-state index in [9.17, 15) is 9.90 Å². The van der Waals surface area contributed by atoms with Crippen molar-refractivity contribution in [3.8, 4) is 0 Å². The number of hydrogen-bond donors (Lipinski definition) is 1. The van der Waals surface area contributed by atoms with Gasteiger partial charge < -0.3 is 5.11 Å². The highest BCUT2D eigenvalue weighted by molar-refractivity contribution is 5.76. The van der Waals surface area contributed by atoms with Crippen LogP contribution in [0.4, 0.5) is 0 Å². The van der Waals surface area contributed by atoms with Crippen LogP contribution in [0.2, 0.25) is 0 Å². The van der Waals surface area contributed by atoms with E-state index in [1.54, 1.807) is 31.3 Å². The zero-order chi connectivity index (χ0) is 9.90. The number of carbonyl (C=O) groups excluding carboxylic acids is 1. The van der Waals surface area contributed by atoms with E-state index in [1.807, 2.05) is 0 Å². The van der Waals surface area contributed by atoms with Gasteiger partial charge in [0.05, 0.1) is 5.69 Å². The van der Waals surface area contributed by atoms with Gasteiger partial charge in [-0.25, -0.2) is 0 Å². The van der Waals surface area contributed by atoms with Crippen LogP contribution in [0.5, 0.6) is 0 Å². The Kier molecular flexibility index (Phi) is 2.78. The number of nitrogens with zero attached hydrogens (tertiary/aromatic N) is 1. The Bertz CT molecular complexity index is 293. The quantitative estimate of drug-likeness (QED) is 0.760. The van der Waals surface area contributed by atoms with Gasteiger partial charge in [0.2, 0.25) is 0 Å². The smallest absolute Gasteiger partial charge is 0.133 e. The van der Waals surface area contributed by atoms with Crippen LogP contribution in [-0.4, -0.2) is 15.9 Å². The van der Waals surface area contributed by atoms with Crippen LogP contribution < -0.4 is 0 Å². The lowest BCUT2D eigenvalue weighted by atomic mass is 9.95. The Balaban J connectivity index is 2.87. The molecule has 0 saturated carbocycles. The van der Waals surface area contributed by atoms with Crippen molar-refractivity contribution in [2.24, 2.45) is 0 Å². The number of Topliss-reactive ketones (excluding diaryl/α,β-unsaturated/α-hetero) is 1. The number of aromatic nitrogens is 1. The summed E-state index contributed by atoms with van der Waals surface area (Å²) in [4.78, 5) is 14.8. The second-order valence-electron chi connectivity index (χ2n) is 3.37. The molecular formula is C10H13NO2. The van der Waals surface area contributed by atoms with Crippen LogP contribution in [0, 0.1) is 0 Å². The van der Waals surface area contributed by atoms with Gasteiger partial charge in [-0.2, -0.15) is 0 Å². The lowest BCUT2D eigenvalue weighted by Crippen LogP contribution is -2.25. The monoisotopic (exact) mass is 179 g/mol. The zero-order valence-electron chi connectivity index (χ0n) is 7.82. The maximum atomic E-state index is 10.8. The number of aliphatic hydroxyl groups is 1. The second kappa shape index (κ2) is 3.66. The summed E-state index contributed by atoms with van der Waals surface area (Å²) in [7, 11) is 0. The van der Waals surface area contributed by atoms with Crippen molar-refractivity contribution in [3.63, 3.8) is 0 Å². The Morgan fingerprint density at radius 2 is 2.31 bits per heavy atom. The average Bonchev–Trinajstić information content (AvgIpc) is 2.04. The molecule has 0 aliphatic heterocycles. The molecule has 0 aliphatic carbocycles. The average molecular weight is 179 g/mol. The minimum atomic E-state index is -1.15. The summed E-state index contributed by atoms with van der Waals surface area (Å²) in [6.07, 6.45) is 1.70. The van der Waals surface area contributed by atoms with Crippen molar-refractivity contribution in [3.05, 3.63) is 30.1 Å². The topological polar surface area (TPSA) is 50.2 Å². The zero-order valence-corrected chi connectivity index (χ0v) is 7.82. The molecule has 0 saturated heterocycles. The number of ketones is 1. The molecule has 3 heteroatoms. The molecule has 0 aromatic carbocycles. The molecule has 1 rings (SSSR count). The van der Waals surface area contributed by atoms with Gasteiger partial charge in [0.25, 0.3) is 0 Å². The minimum absolute atomic E-state index is 0.0457. The van der Waals surface area contributed by atoms with Gasteiger partial charge in [-0.15, -0.1) is 0 Å². The predicted octanol–water partition coefficient (Wildman–Crippen LogP) is 1.27. The first kappa shape index (κ1) is 9.86. The summed E-state index contributed by atoms with van der Waals surface area (Å²) in [6.45, 7) is 3.05. The first-order valence-corrected chi connectivity index (χ1v) is 4.16. The van der Waals surface area contributed by atoms with E-state index < -0.39 is 5.60 Å². The van der Waals surface area contributed by atoms with E-state index >= 15 is 0 Å². The number of hydrogen-bond acceptors (Lipinski definition) is 3. The largest absolute Gasteiger partial charge is 0.383 e. The molecule has 1 heterocycles. The van der Waals surface area contributed by atoms with Crippen molar-refractivity contribution in [2.45, 2.75) is 25.9 Å². The Labute approximate surface area is 77.4 Å². The van der Waals surface area contributed by atoms with Gasteiger partial charge >= 0.3 is 0 Å². The van der Waals surface area contributed by atoms with E-state index in [0.717, 1.165) is 0 Å². The SMILES string of the molecule is CC(=O)CC(C)(O)c1ccccn1. The third-order valence-corrected chi connectivity index (χ3v) is 1.81. The van der Waals surface area contributed by atoms with Crippen LogP contribution in [0.25, 0.3) is 0 Å². The van der Waals surface area contributed by atoms with Crippen molar-refractivity contribution >= 4 is 5.78 Å². The molecule has 0 spiro atoms. The van der Waals surface area contributed by atoms with Crippen molar-refractivity contribution in [1.29, 1.82) is 0 Å². The lowest BCUT2D eigenvalue weighted by Gasteiger charge is -2.20.